The Hall–Kier alpha value is -0.0500. The predicted molar refractivity (Wildman–Crippen MR) is 65.1 cm³/mol. The van der Waals surface area contributed by atoms with E-state index in [1.54, 1.807) is 11.3 Å². The molecule has 80 valence electrons. The van der Waals surface area contributed by atoms with Crippen molar-refractivity contribution in [1.82, 2.24) is 0 Å². The highest BCUT2D eigenvalue weighted by molar-refractivity contribution is 7.10. The fraction of sp³-hybridized carbons (Fsp3) is 0.636. The van der Waals surface area contributed by atoms with Crippen molar-refractivity contribution < 1.29 is 0 Å². The average molecular weight is 232 g/mol. The molecule has 1 aromatic rings. The van der Waals surface area contributed by atoms with Gasteiger partial charge in [0, 0.05) is 10.9 Å². The van der Waals surface area contributed by atoms with Crippen LogP contribution in [0.1, 0.15) is 43.0 Å². The van der Waals surface area contributed by atoms with Gasteiger partial charge in [0.2, 0.25) is 0 Å². The van der Waals surface area contributed by atoms with Crippen LogP contribution in [0, 0.1) is 5.92 Å². The second-order valence-electron chi connectivity index (χ2n) is 3.94. The molecule has 0 amide bonds. The van der Waals surface area contributed by atoms with Crippen LogP contribution >= 0.6 is 23.7 Å². The fourth-order valence-electron chi connectivity index (χ4n) is 2.21. The highest BCUT2D eigenvalue weighted by Crippen LogP contribution is 2.34. The first-order valence-corrected chi connectivity index (χ1v) is 6.05. The standard InChI is InChI=1S/C11H17NS.ClH/c12-11(10-7-4-8-13-10)9-5-2-1-3-6-9;/h4,7-9,11H,1-3,5-6,12H2;1H. The van der Waals surface area contributed by atoms with Gasteiger partial charge >= 0.3 is 0 Å². The van der Waals surface area contributed by atoms with E-state index in [-0.39, 0.29) is 12.4 Å². The molecule has 1 aliphatic rings. The molecule has 0 bridgehead atoms. The van der Waals surface area contributed by atoms with E-state index in [0.29, 0.717) is 6.04 Å². The third kappa shape index (κ3) is 2.72. The van der Waals surface area contributed by atoms with Crippen LogP contribution in [0.5, 0.6) is 0 Å². The smallest absolute Gasteiger partial charge is 0.0418 e. The highest BCUT2D eigenvalue weighted by atomic mass is 35.5. The van der Waals surface area contributed by atoms with Gasteiger partial charge in [0.05, 0.1) is 0 Å². The number of halogens is 1. The molecule has 0 aromatic carbocycles. The summed E-state index contributed by atoms with van der Waals surface area (Å²) in [6.07, 6.45) is 6.83. The largest absolute Gasteiger partial charge is 0.323 e. The first-order chi connectivity index (χ1) is 6.38. The van der Waals surface area contributed by atoms with Crippen molar-refractivity contribution in [3.05, 3.63) is 22.4 Å². The van der Waals surface area contributed by atoms with Crippen LogP contribution in [0.2, 0.25) is 0 Å². The molecule has 0 spiro atoms. The molecule has 1 heterocycles. The summed E-state index contributed by atoms with van der Waals surface area (Å²) in [6, 6.07) is 4.58. The van der Waals surface area contributed by atoms with E-state index in [2.05, 4.69) is 17.5 Å². The van der Waals surface area contributed by atoms with Gasteiger partial charge in [0.1, 0.15) is 0 Å². The van der Waals surface area contributed by atoms with E-state index in [1.165, 1.54) is 37.0 Å². The van der Waals surface area contributed by atoms with Crippen LogP contribution in [0.25, 0.3) is 0 Å². The van der Waals surface area contributed by atoms with E-state index < -0.39 is 0 Å². The first kappa shape index (κ1) is 12.0. The zero-order valence-electron chi connectivity index (χ0n) is 8.32. The van der Waals surface area contributed by atoms with E-state index in [4.69, 9.17) is 5.73 Å². The summed E-state index contributed by atoms with van der Waals surface area (Å²) in [6.45, 7) is 0. The first-order valence-electron chi connectivity index (χ1n) is 5.17. The lowest BCUT2D eigenvalue weighted by Gasteiger charge is -2.26. The molecule has 1 aliphatic carbocycles. The summed E-state index contributed by atoms with van der Waals surface area (Å²) in [5.74, 6) is 0.743. The van der Waals surface area contributed by atoms with Gasteiger partial charge in [-0.1, -0.05) is 25.3 Å². The Morgan fingerprint density at radius 3 is 2.57 bits per heavy atom. The molecule has 1 atom stereocenters. The summed E-state index contributed by atoms with van der Waals surface area (Å²) in [7, 11) is 0. The van der Waals surface area contributed by atoms with Crippen LogP contribution in [0.15, 0.2) is 17.5 Å². The zero-order chi connectivity index (χ0) is 9.10. The molecular weight excluding hydrogens is 214 g/mol. The number of rotatable bonds is 2. The summed E-state index contributed by atoms with van der Waals surface area (Å²) in [4.78, 5) is 1.37. The van der Waals surface area contributed by atoms with Gasteiger partial charge in [-0.2, -0.15) is 0 Å². The Balaban J connectivity index is 0.000000980. The lowest BCUT2D eigenvalue weighted by molar-refractivity contribution is 0.311. The maximum absolute atomic E-state index is 6.22. The average Bonchev–Trinajstić information content (AvgIpc) is 2.71. The molecule has 2 N–H and O–H groups in total. The Morgan fingerprint density at radius 1 is 1.29 bits per heavy atom. The van der Waals surface area contributed by atoms with E-state index in [9.17, 15) is 0 Å². The predicted octanol–water partition coefficient (Wildman–Crippen LogP) is 3.75. The molecule has 1 aromatic heterocycles. The van der Waals surface area contributed by atoms with Gasteiger partial charge in [-0.05, 0) is 30.2 Å². The Bertz CT molecular complexity index is 242. The number of hydrogen-bond acceptors (Lipinski definition) is 2. The Morgan fingerprint density at radius 2 is 2.00 bits per heavy atom. The topological polar surface area (TPSA) is 26.0 Å². The molecule has 1 nitrogen and oxygen atoms in total. The minimum atomic E-state index is 0. The number of hydrogen-bond donors (Lipinski definition) is 1. The minimum absolute atomic E-state index is 0. The summed E-state index contributed by atoms with van der Waals surface area (Å²) in [5, 5.41) is 2.12. The molecular formula is C11H18ClNS. The highest BCUT2D eigenvalue weighted by Gasteiger charge is 2.21. The third-order valence-corrected chi connectivity index (χ3v) is 4.00. The molecule has 0 aliphatic heterocycles. The normalized spacial score (nSPS) is 20.1. The van der Waals surface area contributed by atoms with Crippen molar-refractivity contribution >= 4 is 23.7 Å². The Labute approximate surface area is 96.1 Å². The van der Waals surface area contributed by atoms with Crippen LogP contribution in [0.3, 0.4) is 0 Å². The lowest BCUT2D eigenvalue weighted by Crippen LogP contribution is -2.22. The fourth-order valence-corrected chi connectivity index (χ4v) is 3.03. The quantitative estimate of drug-likeness (QED) is 0.825. The van der Waals surface area contributed by atoms with Crippen molar-refractivity contribution in [2.75, 3.05) is 0 Å². The SMILES string of the molecule is Cl.NC(c1cccs1)C1CCCCC1. The van der Waals surface area contributed by atoms with E-state index >= 15 is 0 Å². The molecule has 2 rings (SSSR count). The third-order valence-electron chi connectivity index (χ3n) is 3.03. The second-order valence-corrected chi connectivity index (χ2v) is 4.92. The molecule has 0 saturated heterocycles. The molecule has 1 saturated carbocycles. The summed E-state index contributed by atoms with van der Waals surface area (Å²) >= 11 is 1.80. The number of thiophene rings is 1. The molecule has 3 heteroatoms. The molecule has 1 unspecified atom stereocenters. The van der Waals surface area contributed by atoms with E-state index in [0.717, 1.165) is 5.92 Å². The van der Waals surface area contributed by atoms with Crippen LogP contribution in [-0.4, -0.2) is 0 Å². The second kappa shape index (κ2) is 5.74. The zero-order valence-corrected chi connectivity index (χ0v) is 9.95. The van der Waals surface area contributed by atoms with Gasteiger partial charge in [0.25, 0.3) is 0 Å². The molecule has 0 radical (unpaired) electrons. The maximum Gasteiger partial charge on any atom is 0.0418 e. The van der Waals surface area contributed by atoms with Crippen molar-refractivity contribution in [3.63, 3.8) is 0 Å². The van der Waals surface area contributed by atoms with Crippen molar-refractivity contribution in [2.24, 2.45) is 11.7 Å². The molecule has 1 fully saturated rings. The molecule has 14 heavy (non-hydrogen) atoms. The van der Waals surface area contributed by atoms with Crippen molar-refractivity contribution in [1.29, 1.82) is 0 Å². The Kier molecular flexibility index (Phi) is 4.93. The van der Waals surface area contributed by atoms with Crippen LogP contribution in [-0.2, 0) is 0 Å². The van der Waals surface area contributed by atoms with E-state index in [1.807, 2.05) is 0 Å². The van der Waals surface area contributed by atoms with Gasteiger partial charge in [-0.3, -0.25) is 0 Å². The minimum Gasteiger partial charge on any atom is -0.323 e. The van der Waals surface area contributed by atoms with Crippen LogP contribution in [0.4, 0.5) is 0 Å². The monoisotopic (exact) mass is 231 g/mol. The van der Waals surface area contributed by atoms with Crippen LogP contribution < -0.4 is 5.73 Å². The maximum atomic E-state index is 6.22. The van der Waals surface area contributed by atoms with Crippen molar-refractivity contribution in [2.45, 2.75) is 38.1 Å². The van der Waals surface area contributed by atoms with Gasteiger partial charge in [-0.25, -0.2) is 0 Å². The summed E-state index contributed by atoms with van der Waals surface area (Å²) in [5.41, 5.74) is 6.22. The van der Waals surface area contributed by atoms with Gasteiger partial charge in [0.15, 0.2) is 0 Å². The van der Waals surface area contributed by atoms with Gasteiger partial charge < -0.3 is 5.73 Å². The van der Waals surface area contributed by atoms with Crippen molar-refractivity contribution in [3.8, 4) is 0 Å². The lowest BCUT2D eigenvalue weighted by atomic mass is 9.84. The van der Waals surface area contributed by atoms with Gasteiger partial charge in [-0.15, -0.1) is 23.7 Å². The number of nitrogens with two attached hydrogens (primary N) is 1. The summed E-state index contributed by atoms with van der Waals surface area (Å²) < 4.78 is 0.